The molecular formula is C27H25F2N5O. The molecule has 4 aromatic rings. The number of nitrogens with zero attached hydrogens (tertiary/aromatic N) is 4. The lowest BCUT2D eigenvalue weighted by Gasteiger charge is -2.15. The van der Waals surface area contributed by atoms with E-state index in [4.69, 9.17) is 15.5 Å². The van der Waals surface area contributed by atoms with Gasteiger partial charge in [0.1, 0.15) is 11.9 Å². The van der Waals surface area contributed by atoms with Gasteiger partial charge in [-0.25, -0.2) is 8.78 Å². The molecule has 2 aromatic carbocycles. The highest BCUT2D eigenvalue weighted by atomic mass is 19.1. The third kappa shape index (κ3) is 4.14. The number of pyridine rings is 1. The molecule has 0 radical (unpaired) electrons. The Labute approximate surface area is 202 Å². The summed E-state index contributed by atoms with van der Waals surface area (Å²) in [5, 5.41) is 10.1. The first-order valence-electron chi connectivity index (χ1n) is 11.4. The Morgan fingerprint density at radius 2 is 1.91 bits per heavy atom. The minimum absolute atomic E-state index is 0.0370. The first kappa shape index (κ1) is 23.0. The van der Waals surface area contributed by atoms with Gasteiger partial charge in [0.2, 0.25) is 0 Å². The largest absolute Gasteiger partial charge is 0.494 e. The van der Waals surface area contributed by atoms with E-state index >= 15 is 0 Å². The molecule has 1 aliphatic heterocycles. The van der Waals surface area contributed by atoms with Gasteiger partial charge in [-0.1, -0.05) is 6.07 Å². The molecule has 1 aliphatic rings. The second-order valence-corrected chi connectivity index (χ2v) is 8.92. The van der Waals surface area contributed by atoms with E-state index in [1.807, 2.05) is 13.1 Å². The summed E-state index contributed by atoms with van der Waals surface area (Å²) in [6.07, 6.45) is 2.73. The Hall–Kier alpha value is -3.80. The quantitative estimate of drug-likeness (QED) is 0.458. The molecule has 6 nitrogen and oxygen atoms in total. The molecule has 2 N–H and O–H groups in total. The summed E-state index contributed by atoms with van der Waals surface area (Å²) in [5.74, 6) is -0.995. The van der Waals surface area contributed by atoms with E-state index in [9.17, 15) is 14.0 Å². The summed E-state index contributed by atoms with van der Waals surface area (Å²) in [6.45, 7) is 2.50. The number of rotatable bonds is 5. The van der Waals surface area contributed by atoms with Gasteiger partial charge in [-0.2, -0.15) is 5.26 Å². The van der Waals surface area contributed by atoms with E-state index in [0.29, 0.717) is 22.4 Å². The molecule has 0 aliphatic carbocycles. The number of nitrogens with two attached hydrogens (primary N) is 1. The average molecular weight is 474 g/mol. The van der Waals surface area contributed by atoms with Crippen LogP contribution in [0.3, 0.4) is 0 Å². The summed E-state index contributed by atoms with van der Waals surface area (Å²) in [7, 11) is 3.39. The summed E-state index contributed by atoms with van der Waals surface area (Å²) >= 11 is 0. The third-order valence-corrected chi connectivity index (χ3v) is 6.70. The van der Waals surface area contributed by atoms with Crippen LogP contribution >= 0.6 is 0 Å². The fourth-order valence-electron chi connectivity index (χ4n) is 4.82. The Kier molecular flexibility index (Phi) is 5.97. The van der Waals surface area contributed by atoms with Crippen molar-refractivity contribution in [3.05, 3.63) is 71.6 Å². The van der Waals surface area contributed by atoms with Crippen LogP contribution in [0.2, 0.25) is 0 Å². The minimum atomic E-state index is -0.615. The van der Waals surface area contributed by atoms with E-state index < -0.39 is 11.6 Å². The number of benzene rings is 2. The predicted molar refractivity (Wildman–Crippen MR) is 131 cm³/mol. The maximum Gasteiger partial charge on any atom is 0.165 e. The first-order chi connectivity index (χ1) is 16.9. The number of nitriles is 1. The van der Waals surface area contributed by atoms with Crippen LogP contribution in [-0.4, -0.2) is 40.7 Å². The van der Waals surface area contributed by atoms with Crippen molar-refractivity contribution >= 4 is 10.9 Å². The van der Waals surface area contributed by atoms with Gasteiger partial charge in [-0.05, 0) is 48.4 Å². The molecule has 1 saturated heterocycles. The molecule has 3 heterocycles. The van der Waals surface area contributed by atoms with Gasteiger partial charge < -0.3 is 15.0 Å². The molecule has 35 heavy (non-hydrogen) atoms. The van der Waals surface area contributed by atoms with Crippen molar-refractivity contribution in [1.82, 2.24) is 14.5 Å². The number of hydrogen-bond acceptors (Lipinski definition) is 5. The Balaban J connectivity index is 1.72. The fourth-order valence-corrected chi connectivity index (χ4v) is 4.82. The minimum Gasteiger partial charge on any atom is -0.494 e. The van der Waals surface area contributed by atoms with Crippen LogP contribution in [0.4, 0.5) is 8.78 Å². The third-order valence-electron chi connectivity index (χ3n) is 6.70. The summed E-state index contributed by atoms with van der Waals surface area (Å²) in [6, 6.07) is 13.3. The molecule has 1 fully saturated rings. The zero-order valence-electron chi connectivity index (χ0n) is 19.6. The molecule has 1 atom stereocenters. The molecule has 0 bridgehead atoms. The van der Waals surface area contributed by atoms with Gasteiger partial charge >= 0.3 is 0 Å². The van der Waals surface area contributed by atoms with Crippen LogP contribution in [-0.2, 0) is 13.6 Å². The van der Waals surface area contributed by atoms with Crippen molar-refractivity contribution in [3.63, 3.8) is 0 Å². The second-order valence-electron chi connectivity index (χ2n) is 8.92. The van der Waals surface area contributed by atoms with E-state index in [-0.39, 0.29) is 17.4 Å². The number of likely N-dealkylation sites (tertiary alicyclic amines) is 1. The highest BCUT2D eigenvalue weighted by Crippen LogP contribution is 2.39. The number of hydrogen-bond donors (Lipinski definition) is 1. The van der Waals surface area contributed by atoms with Gasteiger partial charge in [-0.15, -0.1) is 0 Å². The van der Waals surface area contributed by atoms with Crippen molar-refractivity contribution < 1.29 is 13.5 Å². The molecule has 0 saturated carbocycles. The zero-order chi connectivity index (χ0) is 24.7. The average Bonchev–Trinajstić information content (AvgIpc) is 3.40. The van der Waals surface area contributed by atoms with Crippen LogP contribution < -0.4 is 10.5 Å². The van der Waals surface area contributed by atoms with E-state index in [2.05, 4.69) is 15.5 Å². The van der Waals surface area contributed by atoms with Gasteiger partial charge in [0.05, 0.1) is 30.1 Å². The lowest BCUT2D eigenvalue weighted by atomic mass is 9.95. The fraction of sp³-hybridized carbons (Fsp3) is 0.259. The highest BCUT2D eigenvalue weighted by Gasteiger charge is 2.23. The number of halogens is 2. The van der Waals surface area contributed by atoms with Crippen molar-refractivity contribution in [2.75, 3.05) is 20.2 Å². The van der Waals surface area contributed by atoms with Crippen LogP contribution in [0.15, 0.2) is 48.7 Å². The normalized spacial score (nSPS) is 16.1. The van der Waals surface area contributed by atoms with E-state index in [1.54, 1.807) is 24.4 Å². The topological polar surface area (TPSA) is 80.1 Å². The zero-order valence-corrected chi connectivity index (χ0v) is 19.6. The van der Waals surface area contributed by atoms with Gasteiger partial charge in [0.15, 0.2) is 11.6 Å². The van der Waals surface area contributed by atoms with Gasteiger partial charge in [-0.3, -0.25) is 9.88 Å². The van der Waals surface area contributed by atoms with Crippen LogP contribution in [0.5, 0.6) is 5.75 Å². The molecule has 0 amide bonds. The Morgan fingerprint density at radius 3 is 2.57 bits per heavy atom. The number of aromatic nitrogens is 2. The molecule has 178 valence electrons. The van der Waals surface area contributed by atoms with Crippen LogP contribution in [0, 0.1) is 23.0 Å². The molecule has 5 rings (SSSR count). The van der Waals surface area contributed by atoms with Gasteiger partial charge in [0.25, 0.3) is 0 Å². The maximum absolute atomic E-state index is 14.7. The maximum atomic E-state index is 14.7. The summed E-state index contributed by atoms with van der Waals surface area (Å²) in [5.41, 5.74) is 10.3. The number of aryl methyl sites for hydroxylation is 1. The Morgan fingerprint density at radius 1 is 1.14 bits per heavy atom. The smallest absolute Gasteiger partial charge is 0.165 e. The first-order valence-corrected chi connectivity index (χ1v) is 11.4. The number of ether oxygens (including phenoxy) is 1. The van der Waals surface area contributed by atoms with E-state index in [1.165, 1.54) is 25.3 Å². The van der Waals surface area contributed by atoms with Crippen molar-refractivity contribution in [2.45, 2.75) is 19.0 Å². The molecule has 0 unspecified atom stereocenters. The summed E-state index contributed by atoms with van der Waals surface area (Å²) < 4.78 is 36.4. The highest BCUT2D eigenvalue weighted by molar-refractivity contribution is 6.02. The Bertz CT molecular complexity index is 1470. The van der Waals surface area contributed by atoms with Crippen molar-refractivity contribution in [3.8, 4) is 34.2 Å². The lowest BCUT2D eigenvalue weighted by Crippen LogP contribution is -2.26. The second kappa shape index (κ2) is 9.10. The molecule has 0 spiro atoms. The number of methoxy groups -OCH3 is 1. The molecule has 2 aromatic heterocycles. The predicted octanol–water partition coefficient (Wildman–Crippen LogP) is 4.60. The number of fused-ring (bicyclic) bond motifs is 1. The molecule has 8 heteroatoms. The van der Waals surface area contributed by atoms with Gasteiger partial charge in [0, 0.05) is 54.9 Å². The SMILES string of the molecule is COc1ccc(-c2ncc3c(cc(CN4CC[C@@H](N)C4)n3C)c2-c2ccc(C#N)c(F)c2)cc1F. The van der Waals surface area contributed by atoms with E-state index in [0.717, 1.165) is 42.7 Å². The van der Waals surface area contributed by atoms with Crippen molar-refractivity contribution in [2.24, 2.45) is 12.8 Å². The van der Waals surface area contributed by atoms with Crippen LogP contribution in [0.1, 0.15) is 17.7 Å². The standard InChI is InChI=1S/C27H25F2N5O/c1-33-20(15-34-8-7-19(31)14-34)11-21-24(33)13-32-27(17-5-6-25(35-2)23(29)10-17)26(21)16-3-4-18(12-30)22(28)9-16/h3-6,9-11,13,19H,7-8,14-15,31H2,1-2H3/t19-/m1/s1. The summed E-state index contributed by atoms with van der Waals surface area (Å²) in [4.78, 5) is 7.00. The van der Waals surface area contributed by atoms with Crippen molar-refractivity contribution in [1.29, 1.82) is 5.26 Å². The molecular weight excluding hydrogens is 448 g/mol. The monoisotopic (exact) mass is 473 g/mol. The lowest BCUT2D eigenvalue weighted by molar-refractivity contribution is 0.319. The van der Waals surface area contributed by atoms with Crippen LogP contribution in [0.25, 0.3) is 33.3 Å².